The lowest BCUT2D eigenvalue weighted by atomic mass is 10.2. The van der Waals surface area contributed by atoms with E-state index in [0.29, 0.717) is 6.04 Å². The summed E-state index contributed by atoms with van der Waals surface area (Å²) in [6.07, 6.45) is 0. The number of hydrogen-bond acceptors (Lipinski definition) is 4. The van der Waals surface area contributed by atoms with Crippen LogP contribution in [0.25, 0.3) is 0 Å². The second-order valence-corrected chi connectivity index (χ2v) is 7.49. The van der Waals surface area contributed by atoms with Crippen molar-refractivity contribution >= 4 is 0 Å². The standard InChI is InChI=1S/C19H32N6/c1-15-12-17(3)24(20-15)10-7-22-6-8-23(19(5)14-22)9-11-25-18(4)13-16(2)21-25/h12-13,19H,6-11,14H2,1-5H3/t19-/m0/s1. The number of piperazine rings is 1. The Morgan fingerprint density at radius 2 is 1.40 bits per heavy atom. The molecule has 0 aliphatic carbocycles. The Hall–Kier alpha value is -1.66. The van der Waals surface area contributed by atoms with Crippen molar-refractivity contribution in [1.82, 2.24) is 29.4 Å². The topological polar surface area (TPSA) is 42.1 Å². The minimum absolute atomic E-state index is 0.589. The Bertz CT molecular complexity index is 701. The Morgan fingerprint density at radius 3 is 1.88 bits per heavy atom. The van der Waals surface area contributed by atoms with E-state index in [1.807, 2.05) is 0 Å². The summed E-state index contributed by atoms with van der Waals surface area (Å²) >= 11 is 0. The molecule has 25 heavy (non-hydrogen) atoms. The van der Waals surface area contributed by atoms with Crippen LogP contribution in [-0.2, 0) is 13.1 Å². The van der Waals surface area contributed by atoms with E-state index in [1.165, 1.54) is 11.4 Å². The van der Waals surface area contributed by atoms with Gasteiger partial charge in [-0.2, -0.15) is 10.2 Å². The first-order valence-electron chi connectivity index (χ1n) is 9.41. The molecular formula is C19H32N6. The average molecular weight is 345 g/mol. The molecule has 1 fully saturated rings. The van der Waals surface area contributed by atoms with Crippen molar-refractivity contribution < 1.29 is 0 Å². The van der Waals surface area contributed by atoms with Gasteiger partial charge in [0.15, 0.2) is 0 Å². The van der Waals surface area contributed by atoms with Gasteiger partial charge in [-0.15, -0.1) is 0 Å². The fourth-order valence-electron chi connectivity index (χ4n) is 3.87. The molecular weight excluding hydrogens is 312 g/mol. The van der Waals surface area contributed by atoms with Crippen LogP contribution in [0.3, 0.4) is 0 Å². The number of nitrogens with zero attached hydrogens (tertiary/aromatic N) is 6. The Morgan fingerprint density at radius 1 is 0.840 bits per heavy atom. The number of aryl methyl sites for hydroxylation is 4. The van der Waals surface area contributed by atoms with E-state index in [4.69, 9.17) is 0 Å². The Kier molecular flexibility index (Phi) is 5.59. The highest BCUT2D eigenvalue weighted by atomic mass is 15.3. The van der Waals surface area contributed by atoms with Crippen LogP contribution >= 0.6 is 0 Å². The molecule has 0 radical (unpaired) electrons. The van der Waals surface area contributed by atoms with Crippen LogP contribution in [0.5, 0.6) is 0 Å². The lowest BCUT2D eigenvalue weighted by Gasteiger charge is -2.40. The molecule has 1 atom stereocenters. The van der Waals surface area contributed by atoms with Gasteiger partial charge in [-0.05, 0) is 46.8 Å². The number of rotatable bonds is 6. The second-order valence-electron chi connectivity index (χ2n) is 7.49. The first-order chi connectivity index (χ1) is 11.9. The molecule has 0 bridgehead atoms. The van der Waals surface area contributed by atoms with E-state index in [-0.39, 0.29) is 0 Å². The summed E-state index contributed by atoms with van der Waals surface area (Å²) < 4.78 is 4.27. The van der Waals surface area contributed by atoms with Crippen LogP contribution in [0.2, 0.25) is 0 Å². The summed E-state index contributed by atoms with van der Waals surface area (Å²) in [5, 5.41) is 9.15. The molecule has 0 unspecified atom stereocenters. The number of aromatic nitrogens is 4. The first kappa shape index (κ1) is 18.1. The molecule has 0 N–H and O–H groups in total. The first-order valence-corrected chi connectivity index (χ1v) is 9.41. The lowest BCUT2D eigenvalue weighted by molar-refractivity contribution is 0.0768. The molecule has 0 aromatic carbocycles. The molecule has 2 aromatic rings. The predicted octanol–water partition coefficient (Wildman–Crippen LogP) is 2.02. The fourth-order valence-corrected chi connectivity index (χ4v) is 3.87. The van der Waals surface area contributed by atoms with Gasteiger partial charge in [-0.3, -0.25) is 19.2 Å². The molecule has 0 saturated carbocycles. The lowest BCUT2D eigenvalue weighted by Crippen LogP contribution is -2.53. The van der Waals surface area contributed by atoms with Gasteiger partial charge < -0.3 is 0 Å². The van der Waals surface area contributed by atoms with Crippen LogP contribution in [0.1, 0.15) is 29.7 Å². The molecule has 1 saturated heterocycles. The molecule has 3 heterocycles. The fraction of sp³-hybridized carbons (Fsp3) is 0.684. The highest BCUT2D eigenvalue weighted by molar-refractivity contribution is 5.07. The minimum Gasteiger partial charge on any atom is -0.299 e. The summed E-state index contributed by atoms with van der Waals surface area (Å²) in [5.41, 5.74) is 4.74. The summed E-state index contributed by atoms with van der Waals surface area (Å²) in [5.74, 6) is 0. The van der Waals surface area contributed by atoms with Crippen molar-refractivity contribution in [1.29, 1.82) is 0 Å². The zero-order valence-corrected chi connectivity index (χ0v) is 16.4. The van der Waals surface area contributed by atoms with Crippen LogP contribution in [0.15, 0.2) is 12.1 Å². The van der Waals surface area contributed by atoms with Crippen LogP contribution in [-0.4, -0.2) is 68.1 Å². The van der Waals surface area contributed by atoms with Gasteiger partial charge in [0.25, 0.3) is 0 Å². The zero-order chi connectivity index (χ0) is 18.0. The van der Waals surface area contributed by atoms with Crippen molar-refractivity contribution in [3.05, 3.63) is 34.9 Å². The van der Waals surface area contributed by atoms with Crippen LogP contribution < -0.4 is 0 Å². The highest BCUT2D eigenvalue weighted by Gasteiger charge is 2.23. The molecule has 6 nitrogen and oxygen atoms in total. The quantitative estimate of drug-likeness (QED) is 0.804. The van der Waals surface area contributed by atoms with Crippen LogP contribution in [0.4, 0.5) is 0 Å². The normalized spacial score (nSPS) is 19.6. The van der Waals surface area contributed by atoms with Crippen molar-refractivity contribution in [2.45, 2.75) is 53.8 Å². The van der Waals surface area contributed by atoms with E-state index in [9.17, 15) is 0 Å². The van der Waals surface area contributed by atoms with Gasteiger partial charge in [0.05, 0.1) is 24.5 Å². The van der Waals surface area contributed by atoms with E-state index < -0.39 is 0 Å². The largest absolute Gasteiger partial charge is 0.299 e. The Balaban J connectivity index is 1.45. The van der Waals surface area contributed by atoms with E-state index in [1.54, 1.807) is 0 Å². The van der Waals surface area contributed by atoms with Crippen LogP contribution in [0, 0.1) is 27.7 Å². The highest BCUT2D eigenvalue weighted by Crippen LogP contribution is 2.11. The average Bonchev–Trinajstić information content (AvgIpc) is 3.04. The zero-order valence-electron chi connectivity index (χ0n) is 16.4. The van der Waals surface area contributed by atoms with E-state index >= 15 is 0 Å². The van der Waals surface area contributed by atoms with E-state index in [2.05, 4.69) is 76.1 Å². The summed E-state index contributed by atoms with van der Waals surface area (Å²) in [4.78, 5) is 5.16. The molecule has 0 amide bonds. The molecule has 2 aromatic heterocycles. The van der Waals surface area contributed by atoms with Gasteiger partial charge in [-0.1, -0.05) is 0 Å². The third kappa shape index (κ3) is 4.50. The SMILES string of the molecule is Cc1cc(C)n(CCN2CCN(CCn3nc(C)cc3C)[C@@H](C)C2)n1. The van der Waals surface area contributed by atoms with Crippen molar-refractivity contribution in [2.75, 3.05) is 32.7 Å². The predicted molar refractivity (Wildman–Crippen MR) is 101 cm³/mol. The summed E-state index contributed by atoms with van der Waals surface area (Å²) in [6.45, 7) is 18.3. The van der Waals surface area contributed by atoms with Gasteiger partial charge in [0.2, 0.25) is 0 Å². The Labute approximate surface area is 151 Å². The maximum Gasteiger partial charge on any atom is 0.0596 e. The van der Waals surface area contributed by atoms with Crippen molar-refractivity contribution in [3.63, 3.8) is 0 Å². The monoisotopic (exact) mass is 344 g/mol. The third-order valence-corrected chi connectivity index (χ3v) is 5.28. The third-order valence-electron chi connectivity index (χ3n) is 5.28. The van der Waals surface area contributed by atoms with Gasteiger partial charge in [-0.25, -0.2) is 0 Å². The minimum atomic E-state index is 0.589. The molecule has 0 spiro atoms. The van der Waals surface area contributed by atoms with Gasteiger partial charge in [0, 0.05) is 50.2 Å². The molecule has 138 valence electrons. The maximum atomic E-state index is 4.58. The smallest absolute Gasteiger partial charge is 0.0596 e. The molecule has 6 heteroatoms. The van der Waals surface area contributed by atoms with Crippen molar-refractivity contribution in [2.24, 2.45) is 0 Å². The molecule has 3 rings (SSSR count). The van der Waals surface area contributed by atoms with E-state index in [0.717, 1.165) is 57.2 Å². The summed E-state index contributed by atoms with van der Waals surface area (Å²) in [7, 11) is 0. The summed E-state index contributed by atoms with van der Waals surface area (Å²) in [6, 6.07) is 4.89. The molecule has 1 aliphatic heterocycles. The number of hydrogen-bond donors (Lipinski definition) is 0. The molecule has 1 aliphatic rings. The van der Waals surface area contributed by atoms with Crippen molar-refractivity contribution in [3.8, 4) is 0 Å². The van der Waals surface area contributed by atoms with Gasteiger partial charge in [0.1, 0.15) is 0 Å². The van der Waals surface area contributed by atoms with Gasteiger partial charge >= 0.3 is 0 Å². The second kappa shape index (κ2) is 7.70. The maximum absolute atomic E-state index is 4.58.